The van der Waals surface area contributed by atoms with Crippen molar-refractivity contribution in [2.24, 2.45) is 0 Å². The van der Waals surface area contributed by atoms with Gasteiger partial charge in [0.15, 0.2) is 0 Å². The van der Waals surface area contributed by atoms with Gasteiger partial charge in [-0.1, -0.05) is 12.1 Å². The Morgan fingerprint density at radius 2 is 1.53 bits per heavy atom. The third kappa shape index (κ3) is 2.59. The summed E-state index contributed by atoms with van der Waals surface area (Å²) in [7, 11) is 0. The molecule has 2 heteroatoms. The molecule has 0 amide bonds. The van der Waals surface area contributed by atoms with Gasteiger partial charge in [-0.15, -0.1) is 0 Å². The summed E-state index contributed by atoms with van der Waals surface area (Å²) in [6.07, 6.45) is 0. The van der Waals surface area contributed by atoms with Crippen molar-refractivity contribution in [1.29, 1.82) is 0 Å². The summed E-state index contributed by atoms with van der Waals surface area (Å²) >= 11 is 0. The van der Waals surface area contributed by atoms with E-state index in [1.807, 2.05) is 18.2 Å². The third-order valence-corrected chi connectivity index (χ3v) is 3.05. The Kier molecular flexibility index (Phi) is 3.05. The molecule has 0 atom stereocenters. The molecule has 0 spiro atoms. The van der Waals surface area contributed by atoms with Crippen molar-refractivity contribution in [3.8, 4) is 0 Å². The Morgan fingerprint density at radius 3 is 2.24 bits per heavy atom. The van der Waals surface area contributed by atoms with Crippen LogP contribution in [0.1, 0.15) is 16.7 Å². The van der Waals surface area contributed by atoms with Crippen LogP contribution in [0, 0.1) is 20.8 Å². The zero-order valence-corrected chi connectivity index (χ0v) is 10.5. The summed E-state index contributed by atoms with van der Waals surface area (Å²) in [4.78, 5) is 0. The van der Waals surface area contributed by atoms with Crippen LogP contribution in [0.4, 0.5) is 17.1 Å². The number of nitrogens with one attached hydrogen (secondary N) is 1. The first kappa shape index (κ1) is 11.5. The van der Waals surface area contributed by atoms with Gasteiger partial charge in [0, 0.05) is 17.1 Å². The third-order valence-electron chi connectivity index (χ3n) is 3.05. The van der Waals surface area contributed by atoms with E-state index in [1.165, 1.54) is 16.7 Å². The van der Waals surface area contributed by atoms with Crippen LogP contribution >= 0.6 is 0 Å². The summed E-state index contributed by atoms with van der Waals surface area (Å²) in [6, 6.07) is 12.3. The fourth-order valence-corrected chi connectivity index (χ4v) is 1.75. The lowest BCUT2D eigenvalue weighted by atomic mass is 10.1. The maximum absolute atomic E-state index is 5.80. The molecule has 2 rings (SSSR count). The number of rotatable bonds is 2. The van der Waals surface area contributed by atoms with E-state index < -0.39 is 0 Å². The van der Waals surface area contributed by atoms with Crippen LogP contribution in [0.15, 0.2) is 36.4 Å². The molecule has 0 fully saturated rings. The van der Waals surface area contributed by atoms with E-state index in [2.05, 4.69) is 44.3 Å². The van der Waals surface area contributed by atoms with Gasteiger partial charge >= 0.3 is 0 Å². The topological polar surface area (TPSA) is 38.0 Å². The van der Waals surface area contributed by atoms with Gasteiger partial charge in [0.05, 0.1) is 0 Å². The van der Waals surface area contributed by atoms with E-state index in [-0.39, 0.29) is 0 Å². The smallest absolute Gasteiger partial charge is 0.0434 e. The molecule has 0 heterocycles. The minimum Gasteiger partial charge on any atom is -0.399 e. The van der Waals surface area contributed by atoms with Gasteiger partial charge in [-0.2, -0.15) is 0 Å². The molecule has 17 heavy (non-hydrogen) atoms. The zero-order valence-electron chi connectivity index (χ0n) is 10.5. The maximum atomic E-state index is 5.80. The second kappa shape index (κ2) is 4.50. The number of nitrogen functional groups attached to an aromatic ring is 1. The van der Waals surface area contributed by atoms with Gasteiger partial charge in [-0.05, 0) is 61.7 Å². The van der Waals surface area contributed by atoms with Crippen LogP contribution in [-0.4, -0.2) is 0 Å². The summed E-state index contributed by atoms with van der Waals surface area (Å²) in [6.45, 7) is 6.31. The van der Waals surface area contributed by atoms with E-state index in [0.717, 1.165) is 17.1 Å². The van der Waals surface area contributed by atoms with Gasteiger partial charge < -0.3 is 11.1 Å². The van der Waals surface area contributed by atoms with Crippen molar-refractivity contribution < 1.29 is 0 Å². The predicted octanol–water partition coefficient (Wildman–Crippen LogP) is 3.94. The molecular weight excluding hydrogens is 208 g/mol. The highest BCUT2D eigenvalue weighted by molar-refractivity contribution is 5.67. The standard InChI is InChI=1S/C15H18N2/c1-10-5-7-14(8-12(10)3)17-15-9-13(16)6-4-11(15)2/h4-9,17H,16H2,1-3H3. The van der Waals surface area contributed by atoms with E-state index in [0.29, 0.717) is 0 Å². The van der Waals surface area contributed by atoms with Gasteiger partial charge in [0.25, 0.3) is 0 Å². The first-order valence-corrected chi connectivity index (χ1v) is 5.76. The highest BCUT2D eigenvalue weighted by Crippen LogP contribution is 2.24. The van der Waals surface area contributed by atoms with Crippen molar-refractivity contribution in [3.05, 3.63) is 53.1 Å². The molecule has 0 aliphatic carbocycles. The van der Waals surface area contributed by atoms with Crippen LogP contribution in [0.3, 0.4) is 0 Å². The van der Waals surface area contributed by atoms with Crippen molar-refractivity contribution in [3.63, 3.8) is 0 Å². The lowest BCUT2D eigenvalue weighted by Crippen LogP contribution is -1.96. The number of nitrogens with two attached hydrogens (primary N) is 1. The average Bonchev–Trinajstić information content (AvgIpc) is 2.29. The molecule has 3 N–H and O–H groups in total. The second-order valence-corrected chi connectivity index (χ2v) is 4.50. The molecule has 0 aliphatic rings. The van der Waals surface area contributed by atoms with Crippen molar-refractivity contribution >= 4 is 17.1 Å². The van der Waals surface area contributed by atoms with Crippen LogP contribution in [0.5, 0.6) is 0 Å². The molecule has 0 saturated carbocycles. The van der Waals surface area contributed by atoms with Gasteiger partial charge in [-0.3, -0.25) is 0 Å². The lowest BCUT2D eigenvalue weighted by Gasteiger charge is -2.11. The monoisotopic (exact) mass is 226 g/mol. The number of hydrogen-bond donors (Lipinski definition) is 2. The predicted molar refractivity (Wildman–Crippen MR) is 74.8 cm³/mol. The summed E-state index contributed by atoms with van der Waals surface area (Å²) in [5, 5.41) is 3.40. The Labute approximate surface area is 102 Å². The van der Waals surface area contributed by atoms with E-state index in [4.69, 9.17) is 5.73 Å². The molecule has 0 unspecified atom stereocenters. The lowest BCUT2D eigenvalue weighted by molar-refractivity contribution is 1.33. The van der Waals surface area contributed by atoms with Gasteiger partial charge in [0.2, 0.25) is 0 Å². The molecule has 2 nitrogen and oxygen atoms in total. The van der Waals surface area contributed by atoms with Crippen molar-refractivity contribution in [1.82, 2.24) is 0 Å². The van der Waals surface area contributed by atoms with Crippen LogP contribution in [0.25, 0.3) is 0 Å². The largest absolute Gasteiger partial charge is 0.399 e. The first-order chi connectivity index (χ1) is 8.06. The van der Waals surface area contributed by atoms with E-state index >= 15 is 0 Å². The van der Waals surface area contributed by atoms with Crippen LogP contribution < -0.4 is 11.1 Å². The molecule has 0 aliphatic heterocycles. The SMILES string of the molecule is Cc1ccc(Nc2cc(N)ccc2C)cc1C. The first-order valence-electron chi connectivity index (χ1n) is 5.76. The quantitative estimate of drug-likeness (QED) is 0.761. The van der Waals surface area contributed by atoms with Gasteiger partial charge in [-0.25, -0.2) is 0 Å². The highest BCUT2D eigenvalue weighted by Gasteiger charge is 2.01. The minimum absolute atomic E-state index is 0.780. The number of benzene rings is 2. The molecule has 0 radical (unpaired) electrons. The Morgan fingerprint density at radius 1 is 0.824 bits per heavy atom. The molecule has 2 aromatic carbocycles. The Bertz CT molecular complexity index is 545. The minimum atomic E-state index is 0.780. The second-order valence-electron chi connectivity index (χ2n) is 4.50. The fraction of sp³-hybridized carbons (Fsp3) is 0.200. The van der Waals surface area contributed by atoms with E-state index in [9.17, 15) is 0 Å². The van der Waals surface area contributed by atoms with Crippen molar-refractivity contribution in [2.45, 2.75) is 20.8 Å². The average molecular weight is 226 g/mol. The maximum Gasteiger partial charge on any atom is 0.0434 e. The van der Waals surface area contributed by atoms with Gasteiger partial charge in [0.1, 0.15) is 0 Å². The number of aryl methyl sites for hydroxylation is 3. The molecule has 0 saturated heterocycles. The summed E-state index contributed by atoms with van der Waals surface area (Å²) in [5.74, 6) is 0. The zero-order chi connectivity index (χ0) is 12.4. The van der Waals surface area contributed by atoms with E-state index in [1.54, 1.807) is 0 Å². The fourth-order valence-electron chi connectivity index (χ4n) is 1.75. The summed E-state index contributed by atoms with van der Waals surface area (Å²) < 4.78 is 0. The highest BCUT2D eigenvalue weighted by atomic mass is 14.9. The molecule has 0 aromatic heterocycles. The molecule has 88 valence electrons. The normalized spacial score (nSPS) is 10.3. The molecule has 0 bridgehead atoms. The number of anilines is 3. The number of hydrogen-bond acceptors (Lipinski definition) is 2. The van der Waals surface area contributed by atoms with Crippen LogP contribution in [-0.2, 0) is 0 Å². The van der Waals surface area contributed by atoms with Crippen LogP contribution in [0.2, 0.25) is 0 Å². The Hall–Kier alpha value is -1.96. The Balaban J connectivity index is 2.31. The molecular formula is C15H18N2. The van der Waals surface area contributed by atoms with Crippen molar-refractivity contribution in [2.75, 3.05) is 11.1 Å². The molecule has 2 aromatic rings. The summed E-state index contributed by atoms with van der Waals surface area (Å²) in [5.41, 5.74) is 12.5.